The lowest BCUT2D eigenvalue weighted by Gasteiger charge is -2.08. The largest absolute Gasteiger partial charge is 0.494 e. The van der Waals surface area contributed by atoms with Gasteiger partial charge in [-0.3, -0.25) is 0 Å². The van der Waals surface area contributed by atoms with Gasteiger partial charge in [-0.15, -0.1) is 0 Å². The molecule has 0 unspecified atom stereocenters. The van der Waals surface area contributed by atoms with Crippen LogP contribution in [0.25, 0.3) is 0 Å². The molecule has 0 saturated carbocycles. The second kappa shape index (κ2) is 5.55. The topological polar surface area (TPSA) is 35.5 Å². The standard InChI is InChI=1S/C10H10ClIO3/c1-3-15-10(13)6-4-7(11)9(14-2)8(12)5-6/h4-5H,3H2,1-2H3. The van der Waals surface area contributed by atoms with E-state index in [0.29, 0.717) is 22.9 Å². The van der Waals surface area contributed by atoms with Crippen LogP contribution in [0.15, 0.2) is 12.1 Å². The Morgan fingerprint density at radius 2 is 2.20 bits per heavy atom. The van der Waals surface area contributed by atoms with Gasteiger partial charge >= 0.3 is 5.97 Å². The van der Waals surface area contributed by atoms with Crippen LogP contribution in [-0.2, 0) is 4.74 Å². The number of methoxy groups -OCH3 is 1. The zero-order valence-corrected chi connectivity index (χ0v) is 11.3. The summed E-state index contributed by atoms with van der Waals surface area (Å²) in [6, 6.07) is 3.23. The van der Waals surface area contributed by atoms with Crippen LogP contribution in [-0.4, -0.2) is 19.7 Å². The monoisotopic (exact) mass is 340 g/mol. The first kappa shape index (κ1) is 12.6. The maximum atomic E-state index is 11.4. The molecule has 0 spiro atoms. The van der Waals surface area contributed by atoms with E-state index in [2.05, 4.69) is 22.6 Å². The van der Waals surface area contributed by atoms with Gasteiger partial charge in [0.05, 0.1) is 27.9 Å². The molecule has 0 aliphatic carbocycles. The predicted molar refractivity (Wildman–Crippen MR) is 66.7 cm³/mol. The molecular formula is C10H10ClIO3. The van der Waals surface area contributed by atoms with Gasteiger partial charge in [0.2, 0.25) is 0 Å². The molecule has 5 heteroatoms. The summed E-state index contributed by atoms with van der Waals surface area (Å²) in [6.07, 6.45) is 0. The highest BCUT2D eigenvalue weighted by Crippen LogP contribution is 2.31. The van der Waals surface area contributed by atoms with Crippen molar-refractivity contribution in [1.29, 1.82) is 0 Å². The maximum absolute atomic E-state index is 11.4. The third-order valence-corrected chi connectivity index (χ3v) is 2.80. The summed E-state index contributed by atoms with van der Waals surface area (Å²) in [4.78, 5) is 11.4. The number of esters is 1. The first-order chi connectivity index (χ1) is 7.10. The zero-order chi connectivity index (χ0) is 11.4. The van der Waals surface area contributed by atoms with Crippen molar-refractivity contribution in [3.63, 3.8) is 0 Å². The Bertz CT molecular complexity index is 356. The van der Waals surface area contributed by atoms with Crippen molar-refractivity contribution in [3.8, 4) is 5.75 Å². The average Bonchev–Trinajstić information content (AvgIpc) is 2.17. The van der Waals surface area contributed by atoms with Crippen molar-refractivity contribution in [3.05, 3.63) is 26.3 Å². The summed E-state index contributed by atoms with van der Waals surface area (Å²) in [7, 11) is 1.54. The third kappa shape index (κ3) is 2.98. The van der Waals surface area contributed by atoms with Crippen LogP contribution in [0.1, 0.15) is 17.3 Å². The van der Waals surface area contributed by atoms with Crippen LogP contribution < -0.4 is 4.74 Å². The van der Waals surface area contributed by atoms with Crippen LogP contribution in [0.4, 0.5) is 0 Å². The van der Waals surface area contributed by atoms with E-state index in [1.165, 1.54) is 7.11 Å². The minimum Gasteiger partial charge on any atom is -0.494 e. The quantitative estimate of drug-likeness (QED) is 0.626. The summed E-state index contributed by atoms with van der Waals surface area (Å²) >= 11 is 8.00. The van der Waals surface area contributed by atoms with Gasteiger partial charge in [-0.2, -0.15) is 0 Å². The Hall–Kier alpha value is -0.490. The SMILES string of the molecule is CCOC(=O)c1cc(Cl)c(OC)c(I)c1. The molecule has 1 rings (SSSR count). The molecule has 1 aromatic rings. The highest BCUT2D eigenvalue weighted by atomic mass is 127. The smallest absolute Gasteiger partial charge is 0.338 e. The fourth-order valence-corrected chi connectivity index (χ4v) is 2.39. The van der Waals surface area contributed by atoms with Gasteiger partial charge in [-0.25, -0.2) is 4.79 Å². The number of carbonyl (C=O) groups is 1. The zero-order valence-electron chi connectivity index (χ0n) is 8.34. The normalized spacial score (nSPS) is 9.87. The number of carbonyl (C=O) groups excluding carboxylic acids is 1. The van der Waals surface area contributed by atoms with E-state index in [0.717, 1.165) is 3.57 Å². The number of halogens is 2. The molecular weight excluding hydrogens is 330 g/mol. The van der Waals surface area contributed by atoms with Crippen LogP contribution >= 0.6 is 34.2 Å². The van der Waals surface area contributed by atoms with Crippen molar-refractivity contribution in [1.82, 2.24) is 0 Å². The molecule has 0 aliphatic heterocycles. The Morgan fingerprint density at radius 3 is 2.67 bits per heavy atom. The lowest BCUT2D eigenvalue weighted by atomic mass is 10.2. The predicted octanol–water partition coefficient (Wildman–Crippen LogP) is 3.13. The Kier molecular flexibility index (Phi) is 4.66. The summed E-state index contributed by atoms with van der Waals surface area (Å²) in [6.45, 7) is 2.10. The number of hydrogen-bond donors (Lipinski definition) is 0. The second-order valence-corrected chi connectivity index (χ2v) is 4.26. The van der Waals surface area contributed by atoms with E-state index in [-0.39, 0.29) is 5.97 Å². The Balaban J connectivity index is 3.08. The summed E-state index contributed by atoms with van der Waals surface area (Å²) in [5, 5.41) is 0.410. The molecule has 15 heavy (non-hydrogen) atoms. The first-order valence-corrected chi connectivity index (χ1v) is 5.76. The first-order valence-electron chi connectivity index (χ1n) is 4.30. The van der Waals surface area contributed by atoms with E-state index in [1.54, 1.807) is 19.1 Å². The molecule has 0 saturated heterocycles. The minimum atomic E-state index is -0.375. The Labute approximate surface area is 107 Å². The fourth-order valence-electron chi connectivity index (χ4n) is 1.09. The van der Waals surface area contributed by atoms with Crippen LogP contribution in [0, 0.1) is 3.57 Å². The number of ether oxygens (including phenoxy) is 2. The highest BCUT2D eigenvalue weighted by Gasteiger charge is 2.13. The van der Waals surface area contributed by atoms with E-state index >= 15 is 0 Å². The molecule has 1 aromatic carbocycles. The van der Waals surface area contributed by atoms with Gasteiger partial charge in [-0.1, -0.05) is 11.6 Å². The van der Waals surface area contributed by atoms with Gasteiger partial charge < -0.3 is 9.47 Å². The van der Waals surface area contributed by atoms with Crippen LogP contribution in [0.3, 0.4) is 0 Å². The molecule has 82 valence electrons. The number of benzene rings is 1. The van der Waals surface area contributed by atoms with Crippen molar-refractivity contribution in [2.24, 2.45) is 0 Å². The lowest BCUT2D eigenvalue weighted by Crippen LogP contribution is -2.05. The van der Waals surface area contributed by atoms with Crippen molar-refractivity contribution < 1.29 is 14.3 Å². The lowest BCUT2D eigenvalue weighted by molar-refractivity contribution is 0.0526. The summed E-state index contributed by atoms with van der Waals surface area (Å²) < 4.78 is 10.7. The summed E-state index contributed by atoms with van der Waals surface area (Å²) in [5.74, 6) is 0.199. The minimum absolute atomic E-state index is 0.346. The molecule has 0 aliphatic rings. The van der Waals surface area contributed by atoms with Crippen molar-refractivity contribution in [2.75, 3.05) is 13.7 Å². The second-order valence-electron chi connectivity index (χ2n) is 2.69. The summed E-state index contributed by atoms with van der Waals surface area (Å²) in [5.41, 5.74) is 0.437. The van der Waals surface area contributed by atoms with E-state index in [4.69, 9.17) is 21.1 Å². The van der Waals surface area contributed by atoms with Gasteiger partial charge in [0, 0.05) is 0 Å². The van der Waals surface area contributed by atoms with Crippen LogP contribution in [0.5, 0.6) is 5.75 Å². The van der Waals surface area contributed by atoms with Crippen LogP contribution in [0.2, 0.25) is 5.02 Å². The molecule has 0 fully saturated rings. The molecule has 0 atom stereocenters. The van der Waals surface area contributed by atoms with E-state index < -0.39 is 0 Å². The Morgan fingerprint density at radius 1 is 1.53 bits per heavy atom. The van der Waals surface area contributed by atoms with E-state index in [1.807, 2.05) is 0 Å². The molecule has 0 bridgehead atoms. The van der Waals surface area contributed by atoms with Gasteiger partial charge in [0.25, 0.3) is 0 Å². The van der Waals surface area contributed by atoms with Gasteiger partial charge in [-0.05, 0) is 41.6 Å². The molecule has 0 heterocycles. The molecule has 0 radical (unpaired) electrons. The molecule has 0 N–H and O–H groups in total. The maximum Gasteiger partial charge on any atom is 0.338 e. The molecule has 0 amide bonds. The average molecular weight is 341 g/mol. The van der Waals surface area contributed by atoms with Gasteiger partial charge in [0.15, 0.2) is 5.75 Å². The number of rotatable bonds is 3. The van der Waals surface area contributed by atoms with Crippen molar-refractivity contribution >= 4 is 40.2 Å². The molecule has 0 aromatic heterocycles. The molecule has 3 nitrogen and oxygen atoms in total. The number of hydrogen-bond acceptors (Lipinski definition) is 3. The van der Waals surface area contributed by atoms with E-state index in [9.17, 15) is 4.79 Å². The highest BCUT2D eigenvalue weighted by molar-refractivity contribution is 14.1. The third-order valence-electron chi connectivity index (χ3n) is 1.71. The fraction of sp³-hybridized carbons (Fsp3) is 0.300. The van der Waals surface area contributed by atoms with Crippen molar-refractivity contribution in [2.45, 2.75) is 6.92 Å². The van der Waals surface area contributed by atoms with Gasteiger partial charge in [0.1, 0.15) is 0 Å².